The summed E-state index contributed by atoms with van der Waals surface area (Å²) in [5.41, 5.74) is 1.33. The highest BCUT2D eigenvalue weighted by molar-refractivity contribution is 5.44. The van der Waals surface area contributed by atoms with Gasteiger partial charge in [0.05, 0.1) is 22.6 Å². The van der Waals surface area contributed by atoms with Crippen molar-refractivity contribution in [3.63, 3.8) is 0 Å². The van der Waals surface area contributed by atoms with Crippen molar-refractivity contribution in [3.8, 4) is 11.8 Å². The van der Waals surface area contributed by atoms with Gasteiger partial charge >= 0.3 is 0 Å². The van der Waals surface area contributed by atoms with E-state index in [4.69, 9.17) is 10.00 Å². The number of rotatable bonds is 4. The fourth-order valence-corrected chi connectivity index (χ4v) is 1.80. The maximum atomic E-state index is 13.2. The predicted molar refractivity (Wildman–Crippen MR) is 73.3 cm³/mol. The minimum atomic E-state index is -0.519. The van der Waals surface area contributed by atoms with E-state index in [0.29, 0.717) is 16.9 Å². The van der Waals surface area contributed by atoms with Gasteiger partial charge in [0, 0.05) is 11.6 Å². The van der Waals surface area contributed by atoms with Crippen LogP contribution in [0.3, 0.4) is 0 Å². The van der Waals surface area contributed by atoms with Crippen LogP contribution in [0.15, 0.2) is 36.4 Å². The Hall–Kier alpha value is -2.94. The number of nitriles is 1. The maximum absolute atomic E-state index is 13.2. The number of hydrogen-bond acceptors (Lipinski definition) is 4. The first-order valence-electron chi connectivity index (χ1n) is 6.07. The number of hydrogen-bond donors (Lipinski definition) is 0. The fourth-order valence-electron chi connectivity index (χ4n) is 1.80. The Morgan fingerprint density at radius 2 is 2.10 bits per heavy atom. The fraction of sp³-hybridized carbons (Fsp3) is 0.133. The van der Waals surface area contributed by atoms with Crippen LogP contribution in [0, 0.1) is 34.2 Å². The molecule has 0 saturated carbocycles. The number of halogens is 1. The molecule has 21 heavy (non-hydrogen) atoms. The van der Waals surface area contributed by atoms with Gasteiger partial charge in [-0.2, -0.15) is 5.26 Å². The molecule has 2 aromatic carbocycles. The average Bonchev–Trinajstić information content (AvgIpc) is 2.46. The molecule has 0 N–H and O–H groups in total. The van der Waals surface area contributed by atoms with E-state index < -0.39 is 10.7 Å². The lowest BCUT2D eigenvalue weighted by Crippen LogP contribution is -2.01. The molecule has 0 saturated heterocycles. The molecule has 0 unspecified atom stereocenters. The first kappa shape index (κ1) is 14.5. The van der Waals surface area contributed by atoms with Crippen LogP contribution in [0.1, 0.15) is 16.7 Å². The highest BCUT2D eigenvalue weighted by Gasteiger charge is 2.11. The summed E-state index contributed by atoms with van der Waals surface area (Å²) in [4.78, 5) is 10.2. The van der Waals surface area contributed by atoms with Gasteiger partial charge in [-0.1, -0.05) is 0 Å². The van der Waals surface area contributed by atoms with Crippen molar-refractivity contribution in [2.45, 2.75) is 13.5 Å². The minimum absolute atomic E-state index is 0.0390. The Balaban J connectivity index is 2.24. The SMILES string of the molecule is Cc1ccc([N+](=O)[O-])cc1OCc1cc(F)ccc1C#N. The monoisotopic (exact) mass is 286 g/mol. The molecular formula is C15H11FN2O3. The Bertz CT molecular complexity index is 738. The zero-order chi connectivity index (χ0) is 15.4. The summed E-state index contributed by atoms with van der Waals surface area (Å²) in [6, 6.07) is 9.99. The first-order valence-corrected chi connectivity index (χ1v) is 6.07. The van der Waals surface area contributed by atoms with Crippen LogP contribution < -0.4 is 4.74 Å². The van der Waals surface area contributed by atoms with Gasteiger partial charge in [-0.3, -0.25) is 10.1 Å². The summed E-state index contributed by atoms with van der Waals surface area (Å²) in [5.74, 6) is -0.138. The van der Waals surface area contributed by atoms with E-state index in [1.165, 1.54) is 30.3 Å². The second kappa shape index (κ2) is 6.01. The van der Waals surface area contributed by atoms with Crippen LogP contribution in [0.2, 0.25) is 0 Å². The summed E-state index contributed by atoms with van der Waals surface area (Å²) < 4.78 is 18.7. The second-order valence-electron chi connectivity index (χ2n) is 4.41. The normalized spacial score (nSPS) is 9.95. The van der Waals surface area contributed by atoms with Crippen LogP contribution >= 0.6 is 0 Å². The van der Waals surface area contributed by atoms with E-state index >= 15 is 0 Å². The Morgan fingerprint density at radius 3 is 2.76 bits per heavy atom. The zero-order valence-corrected chi connectivity index (χ0v) is 11.2. The summed E-state index contributed by atoms with van der Waals surface area (Å²) in [5, 5.41) is 19.7. The summed E-state index contributed by atoms with van der Waals surface area (Å²) in [6.07, 6.45) is 0. The number of nitro groups is 1. The summed E-state index contributed by atoms with van der Waals surface area (Å²) >= 11 is 0. The topological polar surface area (TPSA) is 76.2 Å². The van der Waals surface area contributed by atoms with Gasteiger partial charge in [0.1, 0.15) is 18.2 Å². The number of nitrogens with zero attached hydrogens (tertiary/aromatic N) is 2. The van der Waals surface area contributed by atoms with Crippen LogP contribution in [-0.2, 0) is 6.61 Å². The molecule has 0 amide bonds. The van der Waals surface area contributed by atoms with Crippen molar-refractivity contribution in [2.24, 2.45) is 0 Å². The molecule has 0 spiro atoms. The predicted octanol–water partition coefficient (Wildman–Crippen LogP) is 3.49. The standard InChI is InChI=1S/C15H11FN2O3/c1-10-2-5-14(18(19)20)7-15(10)21-9-12-6-13(16)4-3-11(12)8-17/h2-7H,9H2,1H3. The number of benzene rings is 2. The van der Waals surface area contributed by atoms with Crippen LogP contribution in [0.25, 0.3) is 0 Å². The van der Waals surface area contributed by atoms with Gasteiger partial charge in [-0.25, -0.2) is 4.39 Å². The second-order valence-corrected chi connectivity index (χ2v) is 4.41. The molecule has 0 aromatic heterocycles. The molecule has 2 aromatic rings. The lowest BCUT2D eigenvalue weighted by Gasteiger charge is -2.10. The Labute approximate surface area is 120 Å². The molecule has 0 bridgehead atoms. The quantitative estimate of drug-likeness (QED) is 0.636. The van der Waals surface area contributed by atoms with Gasteiger partial charge < -0.3 is 4.74 Å². The van der Waals surface area contributed by atoms with E-state index in [0.717, 1.165) is 5.56 Å². The molecule has 5 nitrogen and oxygen atoms in total. The van der Waals surface area contributed by atoms with Gasteiger partial charge in [0.2, 0.25) is 0 Å². The van der Waals surface area contributed by atoms with Crippen molar-refractivity contribution in [1.29, 1.82) is 5.26 Å². The van der Waals surface area contributed by atoms with E-state index in [1.807, 2.05) is 6.07 Å². The number of non-ortho nitro benzene ring substituents is 1. The third-order valence-corrected chi connectivity index (χ3v) is 2.95. The molecule has 0 radical (unpaired) electrons. The first-order chi connectivity index (χ1) is 10.0. The van der Waals surface area contributed by atoms with Gasteiger partial charge in [0.25, 0.3) is 5.69 Å². The number of aryl methyl sites for hydroxylation is 1. The van der Waals surface area contributed by atoms with Gasteiger partial charge in [-0.15, -0.1) is 0 Å². The molecular weight excluding hydrogens is 275 g/mol. The third-order valence-electron chi connectivity index (χ3n) is 2.95. The molecule has 2 rings (SSSR count). The molecule has 0 heterocycles. The largest absolute Gasteiger partial charge is 0.488 e. The van der Waals surface area contributed by atoms with Crippen molar-refractivity contribution in [1.82, 2.24) is 0 Å². The minimum Gasteiger partial charge on any atom is -0.488 e. The van der Waals surface area contributed by atoms with Crippen molar-refractivity contribution in [3.05, 3.63) is 69.0 Å². The van der Waals surface area contributed by atoms with Crippen molar-refractivity contribution in [2.75, 3.05) is 0 Å². The van der Waals surface area contributed by atoms with E-state index in [9.17, 15) is 14.5 Å². The summed E-state index contributed by atoms with van der Waals surface area (Å²) in [6.45, 7) is 1.71. The van der Waals surface area contributed by atoms with E-state index in [-0.39, 0.29) is 12.3 Å². The number of ether oxygens (including phenoxy) is 1. The molecule has 6 heteroatoms. The zero-order valence-electron chi connectivity index (χ0n) is 11.2. The maximum Gasteiger partial charge on any atom is 0.273 e. The molecule has 0 atom stereocenters. The van der Waals surface area contributed by atoms with E-state index in [1.54, 1.807) is 13.0 Å². The van der Waals surface area contributed by atoms with Gasteiger partial charge in [0.15, 0.2) is 0 Å². The average molecular weight is 286 g/mol. The number of nitro benzene ring substituents is 1. The highest BCUT2D eigenvalue weighted by atomic mass is 19.1. The summed E-state index contributed by atoms with van der Waals surface area (Å²) in [7, 11) is 0. The lowest BCUT2D eigenvalue weighted by atomic mass is 10.1. The Kier molecular flexibility index (Phi) is 4.14. The van der Waals surface area contributed by atoms with Crippen molar-refractivity contribution >= 4 is 5.69 Å². The Morgan fingerprint density at radius 1 is 1.33 bits per heavy atom. The smallest absolute Gasteiger partial charge is 0.273 e. The lowest BCUT2D eigenvalue weighted by molar-refractivity contribution is -0.385. The highest BCUT2D eigenvalue weighted by Crippen LogP contribution is 2.25. The molecule has 0 aliphatic carbocycles. The van der Waals surface area contributed by atoms with E-state index in [2.05, 4.69) is 0 Å². The molecule has 0 aliphatic heterocycles. The molecule has 106 valence electrons. The van der Waals surface area contributed by atoms with Crippen LogP contribution in [-0.4, -0.2) is 4.92 Å². The third kappa shape index (κ3) is 3.34. The molecule has 0 aliphatic rings. The van der Waals surface area contributed by atoms with Crippen LogP contribution in [0.4, 0.5) is 10.1 Å². The van der Waals surface area contributed by atoms with Crippen molar-refractivity contribution < 1.29 is 14.1 Å². The molecule has 0 fully saturated rings. The van der Waals surface area contributed by atoms with Gasteiger partial charge in [-0.05, 0) is 36.8 Å². The van der Waals surface area contributed by atoms with Crippen LogP contribution in [0.5, 0.6) is 5.75 Å².